The molecular weight excluding hydrogens is 190 g/mol. The van der Waals surface area contributed by atoms with Gasteiger partial charge in [-0.2, -0.15) is 0 Å². The van der Waals surface area contributed by atoms with Gasteiger partial charge in [0.15, 0.2) is 0 Å². The van der Waals surface area contributed by atoms with Gasteiger partial charge in [0.05, 0.1) is 18.3 Å². The second-order valence-electron chi connectivity index (χ2n) is 4.07. The topological polar surface area (TPSA) is 39.1 Å². The fourth-order valence-corrected chi connectivity index (χ4v) is 2.08. The first-order chi connectivity index (χ1) is 7.31. The zero-order chi connectivity index (χ0) is 10.7. The van der Waals surface area contributed by atoms with Crippen molar-refractivity contribution in [1.29, 1.82) is 0 Å². The lowest BCUT2D eigenvalue weighted by atomic mass is 10.2. The molecule has 1 fully saturated rings. The van der Waals surface area contributed by atoms with Crippen molar-refractivity contribution >= 4 is 0 Å². The summed E-state index contributed by atoms with van der Waals surface area (Å²) in [5.74, 6) is 1.08. The van der Waals surface area contributed by atoms with Crippen LogP contribution in [-0.2, 0) is 17.8 Å². The number of ether oxygens (including phenoxy) is 1. The molecule has 84 valence electrons. The highest BCUT2D eigenvalue weighted by molar-refractivity contribution is 5.04. The number of rotatable bonds is 4. The molecule has 2 rings (SSSR count). The molecular formula is C11H19N3O. The van der Waals surface area contributed by atoms with E-state index in [-0.39, 0.29) is 0 Å². The standard InChI is InChI=1S/C11H19N3O/c1-9-13-7-10(6-12-2)14(9)8-11-4-3-5-15-11/h7,11-12H,3-6,8H2,1-2H3. The molecule has 4 heteroatoms. The molecule has 1 aliphatic rings. The molecule has 2 heterocycles. The molecule has 0 aromatic carbocycles. The van der Waals surface area contributed by atoms with Gasteiger partial charge in [0.1, 0.15) is 5.82 Å². The maximum absolute atomic E-state index is 5.65. The number of aromatic nitrogens is 2. The van der Waals surface area contributed by atoms with Crippen LogP contribution in [0.1, 0.15) is 24.4 Å². The smallest absolute Gasteiger partial charge is 0.105 e. The van der Waals surface area contributed by atoms with Crippen LogP contribution < -0.4 is 5.32 Å². The van der Waals surface area contributed by atoms with Crippen LogP contribution in [0.2, 0.25) is 0 Å². The Kier molecular flexibility index (Phi) is 3.38. The second-order valence-corrected chi connectivity index (χ2v) is 4.07. The molecule has 1 N–H and O–H groups in total. The lowest BCUT2D eigenvalue weighted by molar-refractivity contribution is 0.0957. The summed E-state index contributed by atoms with van der Waals surface area (Å²) in [6.45, 7) is 4.78. The SMILES string of the molecule is CNCc1cnc(C)n1CC1CCCO1. The minimum atomic E-state index is 0.383. The normalized spacial score (nSPS) is 21.1. The van der Waals surface area contributed by atoms with Gasteiger partial charge in [-0.1, -0.05) is 0 Å². The van der Waals surface area contributed by atoms with Gasteiger partial charge in [0, 0.05) is 19.3 Å². The zero-order valence-electron chi connectivity index (χ0n) is 9.49. The monoisotopic (exact) mass is 209 g/mol. The summed E-state index contributed by atoms with van der Waals surface area (Å²) in [6, 6.07) is 0. The van der Waals surface area contributed by atoms with Crippen LogP contribution >= 0.6 is 0 Å². The number of imidazole rings is 1. The molecule has 1 unspecified atom stereocenters. The highest BCUT2D eigenvalue weighted by atomic mass is 16.5. The molecule has 1 aliphatic heterocycles. The fourth-order valence-electron chi connectivity index (χ4n) is 2.08. The summed E-state index contributed by atoms with van der Waals surface area (Å²) < 4.78 is 7.90. The van der Waals surface area contributed by atoms with Crippen molar-refractivity contribution in [2.75, 3.05) is 13.7 Å². The van der Waals surface area contributed by atoms with E-state index in [4.69, 9.17) is 4.74 Å². The predicted octanol–water partition coefficient (Wildman–Crippen LogP) is 1.09. The van der Waals surface area contributed by atoms with Crippen LogP contribution in [-0.4, -0.2) is 29.3 Å². The predicted molar refractivity (Wildman–Crippen MR) is 58.7 cm³/mol. The first-order valence-corrected chi connectivity index (χ1v) is 5.58. The Balaban J connectivity index is 2.07. The van der Waals surface area contributed by atoms with Crippen molar-refractivity contribution in [3.05, 3.63) is 17.7 Å². The Morgan fingerprint density at radius 2 is 2.53 bits per heavy atom. The molecule has 0 aliphatic carbocycles. The highest BCUT2D eigenvalue weighted by Gasteiger charge is 2.18. The van der Waals surface area contributed by atoms with E-state index in [9.17, 15) is 0 Å². The van der Waals surface area contributed by atoms with Crippen LogP contribution in [0.25, 0.3) is 0 Å². The van der Waals surface area contributed by atoms with Crippen molar-refractivity contribution in [1.82, 2.24) is 14.9 Å². The number of aryl methyl sites for hydroxylation is 1. The van der Waals surface area contributed by atoms with E-state index in [0.29, 0.717) is 6.10 Å². The Morgan fingerprint density at radius 3 is 3.20 bits per heavy atom. The molecule has 1 aromatic rings. The maximum atomic E-state index is 5.65. The third kappa shape index (κ3) is 2.38. The van der Waals surface area contributed by atoms with E-state index in [2.05, 4.69) is 14.9 Å². The van der Waals surface area contributed by atoms with Crippen LogP contribution in [0.15, 0.2) is 6.20 Å². The van der Waals surface area contributed by atoms with Crippen molar-refractivity contribution < 1.29 is 4.74 Å². The van der Waals surface area contributed by atoms with Crippen LogP contribution in [0.5, 0.6) is 0 Å². The summed E-state index contributed by atoms with van der Waals surface area (Å²) in [5, 5.41) is 3.16. The Bertz CT molecular complexity index is 316. The minimum Gasteiger partial charge on any atom is -0.376 e. The van der Waals surface area contributed by atoms with Crippen molar-refractivity contribution in [3.63, 3.8) is 0 Å². The summed E-state index contributed by atoms with van der Waals surface area (Å²) >= 11 is 0. The number of nitrogens with one attached hydrogen (secondary N) is 1. The van der Waals surface area contributed by atoms with E-state index in [1.165, 1.54) is 18.5 Å². The molecule has 0 radical (unpaired) electrons. The summed E-state index contributed by atoms with van der Waals surface area (Å²) in [7, 11) is 1.96. The fraction of sp³-hybridized carbons (Fsp3) is 0.727. The second kappa shape index (κ2) is 4.77. The molecule has 1 atom stereocenters. The minimum absolute atomic E-state index is 0.383. The quantitative estimate of drug-likeness (QED) is 0.807. The summed E-state index contributed by atoms with van der Waals surface area (Å²) in [5.41, 5.74) is 1.24. The molecule has 15 heavy (non-hydrogen) atoms. The molecule has 1 saturated heterocycles. The summed E-state index contributed by atoms with van der Waals surface area (Å²) in [6.07, 6.45) is 4.70. The van der Waals surface area contributed by atoms with Gasteiger partial charge in [0.2, 0.25) is 0 Å². The van der Waals surface area contributed by atoms with Crippen LogP contribution in [0, 0.1) is 6.92 Å². The third-order valence-electron chi connectivity index (χ3n) is 2.91. The van der Waals surface area contributed by atoms with Gasteiger partial charge in [-0.25, -0.2) is 4.98 Å². The average molecular weight is 209 g/mol. The van der Waals surface area contributed by atoms with E-state index in [1.807, 2.05) is 20.2 Å². The van der Waals surface area contributed by atoms with Gasteiger partial charge in [-0.15, -0.1) is 0 Å². The van der Waals surface area contributed by atoms with E-state index < -0.39 is 0 Å². The molecule has 1 aromatic heterocycles. The third-order valence-corrected chi connectivity index (χ3v) is 2.91. The number of hydrogen-bond donors (Lipinski definition) is 1. The summed E-state index contributed by atoms with van der Waals surface area (Å²) in [4.78, 5) is 4.34. The van der Waals surface area contributed by atoms with Gasteiger partial charge >= 0.3 is 0 Å². The van der Waals surface area contributed by atoms with Gasteiger partial charge in [0.25, 0.3) is 0 Å². The average Bonchev–Trinajstić information content (AvgIpc) is 2.83. The van der Waals surface area contributed by atoms with Gasteiger partial charge < -0.3 is 14.6 Å². The lowest BCUT2D eigenvalue weighted by Crippen LogP contribution is -2.20. The van der Waals surface area contributed by atoms with Crippen molar-refractivity contribution in [3.8, 4) is 0 Å². The first-order valence-electron chi connectivity index (χ1n) is 5.58. The van der Waals surface area contributed by atoms with Gasteiger partial charge in [-0.3, -0.25) is 0 Å². The van der Waals surface area contributed by atoms with Crippen molar-refractivity contribution in [2.24, 2.45) is 0 Å². The lowest BCUT2D eigenvalue weighted by Gasteiger charge is -2.14. The van der Waals surface area contributed by atoms with Gasteiger partial charge in [-0.05, 0) is 26.8 Å². The van der Waals surface area contributed by atoms with E-state index >= 15 is 0 Å². The van der Waals surface area contributed by atoms with Crippen LogP contribution in [0.4, 0.5) is 0 Å². The molecule has 4 nitrogen and oxygen atoms in total. The molecule has 0 amide bonds. The van der Waals surface area contributed by atoms with Crippen LogP contribution in [0.3, 0.4) is 0 Å². The Hall–Kier alpha value is -0.870. The first kappa shape index (κ1) is 10.6. The molecule has 0 bridgehead atoms. The Labute approximate surface area is 90.6 Å². The van der Waals surface area contributed by atoms with E-state index in [0.717, 1.165) is 25.5 Å². The molecule has 0 saturated carbocycles. The molecule has 0 spiro atoms. The maximum Gasteiger partial charge on any atom is 0.105 e. The number of nitrogens with zero attached hydrogens (tertiary/aromatic N) is 2. The highest BCUT2D eigenvalue weighted by Crippen LogP contribution is 2.16. The zero-order valence-corrected chi connectivity index (χ0v) is 9.49. The van der Waals surface area contributed by atoms with E-state index in [1.54, 1.807) is 0 Å². The van der Waals surface area contributed by atoms with Crippen molar-refractivity contribution in [2.45, 2.75) is 39.0 Å². The Morgan fingerprint density at radius 1 is 1.67 bits per heavy atom. The number of hydrogen-bond acceptors (Lipinski definition) is 3. The largest absolute Gasteiger partial charge is 0.376 e.